The maximum absolute atomic E-state index is 11.3. The Kier molecular flexibility index (Phi) is 3.87. The number of piperidine rings is 1. The molecule has 2 saturated heterocycles. The molecule has 2 aliphatic rings. The molecular weight excluding hydrogens is 224 g/mol. The Balaban J connectivity index is 1.82. The van der Waals surface area contributed by atoms with Crippen LogP contribution in [-0.2, 0) is 9.84 Å². The average Bonchev–Trinajstić information content (AvgIpc) is 2.29. The first-order chi connectivity index (χ1) is 7.61. The van der Waals surface area contributed by atoms with E-state index in [0.717, 1.165) is 32.5 Å². The SMILES string of the molecule is NCC1CCN(C2CCS(=O)(=O)CC2)CC1. The van der Waals surface area contributed by atoms with E-state index in [0.29, 0.717) is 23.5 Å². The van der Waals surface area contributed by atoms with Crippen LogP contribution in [0.4, 0.5) is 0 Å². The van der Waals surface area contributed by atoms with E-state index in [-0.39, 0.29) is 0 Å². The van der Waals surface area contributed by atoms with Crippen LogP contribution in [0.5, 0.6) is 0 Å². The summed E-state index contributed by atoms with van der Waals surface area (Å²) in [7, 11) is -2.72. The summed E-state index contributed by atoms with van der Waals surface area (Å²) in [4.78, 5) is 2.47. The lowest BCUT2D eigenvalue weighted by atomic mass is 9.95. The zero-order chi connectivity index (χ0) is 11.6. The molecule has 0 aromatic heterocycles. The second-order valence-corrected chi connectivity index (χ2v) is 7.40. The van der Waals surface area contributed by atoms with Gasteiger partial charge in [-0.05, 0) is 51.2 Å². The minimum absolute atomic E-state index is 0.383. The number of rotatable bonds is 2. The fourth-order valence-corrected chi connectivity index (χ4v) is 4.26. The molecule has 0 radical (unpaired) electrons. The van der Waals surface area contributed by atoms with Gasteiger partial charge in [-0.15, -0.1) is 0 Å². The average molecular weight is 246 g/mol. The van der Waals surface area contributed by atoms with Crippen molar-refractivity contribution in [2.75, 3.05) is 31.1 Å². The largest absolute Gasteiger partial charge is 0.330 e. The van der Waals surface area contributed by atoms with E-state index in [9.17, 15) is 8.42 Å². The first kappa shape index (κ1) is 12.3. The van der Waals surface area contributed by atoms with Gasteiger partial charge < -0.3 is 10.6 Å². The maximum Gasteiger partial charge on any atom is 0.150 e. The van der Waals surface area contributed by atoms with Crippen LogP contribution >= 0.6 is 0 Å². The molecule has 4 nitrogen and oxygen atoms in total. The van der Waals surface area contributed by atoms with Crippen molar-refractivity contribution in [2.45, 2.75) is 31.7 Å². The van der Waals surface area contributed by atoms with Gasteiger partial charge in [-0.1, -0.05) is 0 Å². The van der Waals surface area contributed by atoms with Crippen LogP contribution < -0.4 is 5.73 Å². The number of hydrogen-bond acceptors (Lipinski definition) is 4. The second kappa shape index (κ2) is 5.02. The highest BCUT2D eigenvalue weighted by molar-refractivity contribution is 7.91. The van der Waals surface area contributed by atoms with E-state index < -0.39 is 9.84 Å². The predicted molar refractivity (Wildman–Crippen MR) is 65.0 cm³/mol. The van der Waals surface area contributed by atoms with Gasteiger partial charge in [-0.3, -0.25) is 0 Å². The summed E-state index contributed by atoms with van der Waals surface area (Å²) in [6.07, 6.45) is 4.02. The summed E-state index contributed by atoms with van der Waals surface area (Å²) in [6.45, 7) is 3.01. The Morgan fingerprint density at radius 3 is 2.12 bits per heavy atom. The van der Waals surface area contributed by atoms with E-state index in [2.05, 4.69) is 4.90 Å². The lowest BCUT2D eigenvalue weighted by molar-refractivity contribution is 0.127. The number of nitrogens with zero attached hydrogens (tertiary/aromatic N) is 1. The zero-order valence-corrected chi connectivity index (χ0v) is 10.6. The fourth-order valence-electron chi connectivity index (χ4n) is 2.80. The molecule has 2 fully saturated rings. The molecule has 0 aromatic rings. The monoisotopic (exact) mass is 246 g/mol. The Hall–Kier alpha value is -0.130. The van der Waals surface area contributed by atoms with Crippen LogP contribution in [0.15, 0.2) is 0 Å². The van der Waals surface area contributed by atoms with E-state index in [4.69, 9.17) is 5.73 Å². The Morgan fingerprint density at radius 1 is 1.06 bits per heavy atom. The van der Waals surface area contributed by atoms with E-state index in [1.54, 1.807) is 0 Å². The van der Waals surface area contributed by atoms with Crippen molar-refractivity contribution in [1.29, 1.82) is 0 Å². The van der Waals surface area contributed by atoms with Gasteiger partial charge in [0, 0.05) is 6.04 Å². The van der Waals surface area contributed by atoms with Crippen LogP contribution in [-0.4, -0.2) is 50.5 Å². The number of sulfone groups is 1. The molecule has 2 heterocycles. The topological polar surface area (TPSA) is 63.4 Å². The van der Waals surface area contributed by atoms with Gasteiger partial charge >= 0.3 is 0 Å². The van der Waals surface area contributed by atoms with Crippen LogP contribution in [0.3, 0.4) is 0 Å². The smallest absolute Gasteiger partial charge is 0.150 e. The fraction of sp³-hybridized carbons (Fsp3) is 1.00. The number of nitrogens with two attached hydrogens (primary N) is 1. The molecule has 2 aliphatic heterocycles. The third kappa shape index (κ3) is 2.96. The van der Waals surface area contributed by atoms with E-state index in [1.165, 1.54) is 12.8 Å². The third-order valence-corrected chi connectivity index (χ3v) is 5.74. The molecule has 0 aliphatic carbocycles. The molecule has 5 heteroatoms. The van der Waals surface area contributed by atoms with Crippen molar-refractivity contribution in [3.8, 4) is 0 Å². The van der Waals surface area contributed by atoms with E-state index >= 15 is 0 Å². The quantitative estimate of drug-likeness (QED) is 0.758. The first-order valence-electron chi connectivity index (χ1n) is 6.25. The highest BCUT2D eigenvalue weighted by atomic mass is 32.2. The molecule has 2 rings (SSSR count). The number of likely N-dealkylation sites (tertiary alicyclic amines) is 1. The zero-order valence-electron chi connectivity index (χ0n) is 9.77. The van der Waals surface area contributed by atoms with Crippen molar-refractivity contribution in [3.63, 3.8) is 0 Å². The summed E-state index contributed by atoms with van der Waals surface area (Å²) < 4.78 is 22.7. The number of hydrogen-bond donors (Lipinski definition) is 1. The molecule has 94 valence electrons. The van der Waals surface area contributed by atoms with Crippen LogP contribution in [0, 0.1) is 5.92 Å². The van der Waals surface area contributed by atoms with Crippen molar-refractivity contribution in [3.05, 3.63) is 0 Å². The van der Waals surface area contributed by atoms with Gasteiger partial charge in [-0.2, -0.15) is 0 Å². The summed E-state index contributed by atoms with van der Waals surface area (Å²) >= 11 is 0. The highest BCUT2D eigenvalue weighted by Crippen LogP contribution is 2.23. The second-order valence-electron chi connectivity index (χ2n) is 5.10. The van der Waals surface area contributed by atoms with Gasteiger partial charge in [0.15, 0.2) is 0 Å². The van der Waals surface area contributed by atoms with Crippen molar-refractivity contribution in [2.24, 2.45) is 11.7 Å². The molecule has 0 spiro atoms. The Bertz CT molecular complexity index is 307. The lowest BCUT2D eigenvalue weighted by Gasteiger charge is -2.38. The first-order valence-corrected chi connectivity index (χ1v) is 8.07. The molecule has 0 bridgehead atoms. The standard InChI is InChI=1S/C11H22N2O2S/c12-9-10-1-5-13(6-2-10)11-3-7-16(14,15)8-4-11/h10-11H,1-9,12H2. The molecule has 0 atom stereocenters. The molecule has 0 unspecified atom stereocenters. The van der Waals surface area contributed by atoms with Crippen molar-refractivity contribution < 1.29 is 8.42 Å². The van der Waals surface area contributed by atoms with Gasteiger partial charge in [0.05, 0.1) is 11.5 Å². The highest BCUT2D eigenvalue weighted by Gasteiger charge is 2.29. The minimum Gasteiger partial charge on any atom is -0.330 e. The van der Waals surface area contributed by atoms with Crippen LogP contribution in [0.25, 0.3) is 0 Å². The van der Waals surface area contributed by atoms with Crippen molar-refractivity contribution in [1.82, 2.24) is 4.90 Å². The summed E-state index contributed by atoms with van der Waals surface area (Å²) in [5.74, 6) is 1.45. The van der Waals surface area contributed by atoms with Crippen molar-refractivity contribution >= 4 is 9.84 Å². The minimum atomic E-state index is -2.72. The van der Waals surface area contributed by atoms with Gasteiger partial charge in [0.25, 0.3) is 0 Å². The summed E-state index contributed by atoms with van der Waals surface area (Å²) in [5, 5.41) is 0. The molecule has 0 amide bonds. The van der Waals surface area contributed by atoms with E-state index in [1.807, 2.05) is 0 Å². The lowest BCUT2D eigenvalue weighted by Crippen LogP contribution is -2.46. The Labute approximate surface area is 98.1 Å². The molecule has 0 saturated carbocycles. The Morgan fingerprint density at radius 2 is 1.62 bits per heavy atom. The molecule has 2 N–H and O–H groups in total. The molecule has 16 heavy (non-hydrogen) atoms. The molecule has 0 aromatic carbocycles. The normalized spacial score (nSPS) is 29.3. The van der Waals surface area contributed by atoms with Gasteiger partial charge in [-0.25, -0.2) is 8.42 Å². The third-order valence-electron chi connectivity index (χ3n) is 4.02. The van der Waals surface area contributed by atoms with Crippen LogP contribution in [0.1, 0.15) is 25.7 Å². The summed E-state index contributed by atoms with van der Waals surface area (Å²) in [5.41, 5.74) is 5.66. The van der Waals surface area contributed by atoms with Gasteiger partial charge in [0.2, 0.25) is 0 Å². The van der Waals surface area contributed by atoms with Crippen LogP contribution in [0.2, 0.25) is 0 Å². The summed E-state index contributed by atoms with van der Waals surface area (Å²) in [6, 6.07) is 0.502. The van der Waals surface area contributed by atoms with Gasteiger partial charge in [0.1, 0.15) is 9.84 Å². The predicted octanol–water partition coefficient (Wildman–Crippen LogP) is 0.234. The molecular formula is C11H22N2O2S. The maximum atomic E-state index is 11.3.